The molecule has 3 aromatic carbocycles. The Morgan fingerprint density at radius 1 is 1.00 bits per heavy atom. The third-order valence-corrected chi connectivity index (χ3v) is 8.33. The van der Waals surface area contributed by atoms with E-state index >= 15 is 0 Å². The summed E-state index contributed by atoms with van der Waals surface area (Å²) in [6.45, 7) is 9.54. The standard InChI is InChI=1S/C33H32N2O7S/c1-5-11-40-22-9-7-20(16-24(22)39-6-2)29-27(30(36)21-8-10-23-25(17-21)42-13-12-41-23)31(37)32(38)35(29)33-34-28-19(4)14-18(3)15-26(28)43-33/h7-10,14-17,29,36H,5-6,11-13H2,1-4H3. The van der Waals surface area contributed by atoms with E-state index in [2.05, 4.69) is 0 Å². The van der Waals surface area contributed by atoms with Gasteiger partial charge in [-0.25, -0.2) is 4.98 Å². The summed E-state index contributed by atoms with van der Waals surface area (Å²) in [5, 5.41) is 12.0. The SMILES string of the molecule is CCCOc1ccc(C2C(=C(O)c3ccc4c(c3)OCCO4)C(=O)C(=O)N2c2nc3c(C)cc(C)cc3s2)cc1OCC. The van der Waals surface area contributed by atoms with E-state index in [1.54, 1.807) is 36.4 Å². The highest BCUT2D eigenvalue weighted by molar-refractivity contribution is 7.22. The van der Waals surface area contributed by atoms with Crippen LogP contribution >= 0.6 is 11.3 Å². The van der Waals surface area contributed by atoms with Crippen LogP contribution in [0, 0.1) is 13.8 Å². The molecule has 0 radical (unpaired) electrons. The largest absolute Gasteiger partial charge is 0.507 e. The minimum Gasteiger partial charge on any atom is -0.507 e. The van der Waals surface area contributed by atoms with Crippen LogP contribution in [0.3, 0.4) is 0 Å². The van der Waals surface area contributed by atoms with E-state index in [1.807, 2.05) is 39.8 Å². The normalized spacial score (nSPS) is 17.5. The summed E-state index contributed by atoms with van der Waals surface area (Å²) in [7, 11) is 0. The molecule has 0 aliphatic carbocycles. The molecular formula is C33H32N2O7S. The van der Waals surface area contributed by atoms with E-state index in [0.29, 0.717) is 65.7 Å². The van der Waals surface area contributed by atoms with Crippen molar-refractivity contribution in [1.82, 2.24) is 4.98 Å². The van der Waals surface area contributed by atoms with Crippen LogP contribution in [0.5, 0.6) is 23.0 Å². The van der Waals surface area contributed by atoms with Crippen molar-refractivity contribution in [2.45, 2.75) is 40.2 Å². The second-order valence-electron chi connectivity index (χ2n) is 10.4. The lowest BCUT2D eigenvalue weighted by Gasteiger charge is -2.24. The van der Waals surface area contributed by atoms with Gasteiger partial charge in [-0.05, 0) is 80.3 Å². The van der Waals surface area contributed by atoms with Crippen molar-refractivity contribution < 1.29 is 33.6 Å². The number of amides is 1. The number of Topliss-reactive ketones (excluding diaryl/α,β-unsaturated/α-hetero) is 1. The van der Waals surface area contributed by atoms with Crippen LogP contribution in [0.25, 0.3) is 16.0 Å². The topological polar surface area (TPSA) is 107 Å². The number of aliphatic hydroxyl groups excluding tert-OH is 1. The van der Waals surface area contributed by atoms with E-state index in [0.717, 1.165) is 27.8 Å². The maximum atomic E-state index is 13.8. The monoisotopic (exact) mass is 600 g/mol. The van der Waals surface area contributed by atoms with Gasteiger partial charge >= 0.3 is 5.91 Å². The van der Waals surface area contributed by atoms with Gasteiger partial charge in [-0.15, -0.1) is 0 Å². The van der Waals surface area contributed by atoms with Gasteiger partial charge in [0.05, 0.1) is 35.0 Å². The van der Waals surface area contributed by atoms with Gasteiger partial charge in [0.1, 0.15) is 19.0 Å². The molecule has 1 amide bonds. The van der Waals surface area contributed by atoms with Gasteiger partial charge < -0.3 is 24.1 Å². The predicted octanol–water partition coefficient (Wildman–Crippen LogP) is 6.50. The summed E-state index contributed by atoms with van der Waals surface area (Å²) < 4.78 is 24.0. The number of ether oxygens (including phenoxy) is 4. The lowest BCUT2D eigenvalue weighted by atomic mass is 9.95. The number of aliphatic hydroxyl groups is 1. The smallest absolute Gasteiger partial charge is 0.301 e. The van der Waals surface area contributed by atoms with Crippen LogP contribution in [0.4, 0.5) is 5.13 Å². The first kappa shape index (κ1) is 28.5. The molecule has 43 heavy (non-hydrogen) atoms. The molecule has 6 rings (SSSR count). The lowest BCUT2D eigenvalue weighted by Crippen LogP contribution is -2.29. The molecule has 222 valence electrons. The maximum absolute atomic E-state index is 13.8. The van der Waals surface area contributed by atoms with Crippen LogP contribution in [0.1, 0.15) is 48.6 Å². The van der Waals surface area contributed by atoms with E-state index in [-0.39, 0.29) is 11.3 Å². The minimum atomic E-state index is -0.977. The van der Waals surface area contributed by atoms with Crippen LogP contribution in [0.2, 0.25) is 0 Å². The van der Waals surface area contributed by atoms with Gasteiger partial charge in [-0.1, -0.05) is 30.4 Å². The number of rotatable bonds is 8. The summed E-state index contributed by atoms with van der Waals surface area (Å²) in [6.07, 6.45) is 0.819. The first-order valence-electron chi connectivity index (χ1n) is 14.3. The molecule has 0 bridgehead atoms. The number of aromatic nitrogens is 1. The fourth-order valence-corrected chi connectivity index (χ4v) is 6.62. The number of anilines is 1. The summed E-state index contributed by atoms with van der Waals surface area (Å²) in [5.74, 6) is 0.130. The van der Waals surface area contributed by atoms with Crippen LogP contribution in [-0.4, -0.2) is 48.2 Å². The van der Waals surface area contributed by atoms with Crippen LogP contribution < -0.4 is 23.8 Å². The van der Waals surface area contributed by atoms with Crippen LogP contribution in [0.15, 0.2) is 54.1 Å². The van der Waals surface area contributed by atoms with Crippen molar-refractivity contribution in [2.24, 2.45) is 0 Å². The molecule has 1 atom stereocenters. The molecule has 10 heteroatoms. The second-order valence-corrected chi connectivity index (χ2v) is 11.4. The van der Waals surface area contributed by atoms with Crippen molar-refractivity contribution in [3.63, 3.8) is 0 Å². The highest BCUT2D eigenvalue weighted by Gasteiger charge is 2.48. The average Bonchev–Trinajstić information content (AvgIpc) is 3.54. The Morgan fingerprint density at radius 2 is 1.79 bits per heavy atom. The molecule has 1 saturated heterocycles. The zero-order chi connectivity index (χ0) is 30.2. The quantitative estimate of drug-likeness (QED) is 0.139. The lowest BCUT2D eigenvalue weighted by molar-refractivity contribution is -0.132. The molecular weight excluding hydrogens is 568 g/mol. The molecule has 0 spiro atoms. The molecule has 1 aromatic heterocycles. The third-order valence-electron chi connectivity index (χ3n) is 7.33. The fraction of sp³-hybridized carbons (Fsp3) is 0.303. The number of carbonyl (C=O) groups excluding carboxylic acids is 2. The first-order valence-corrected chi connectivity index (χ1v) is 15.1. The first-order chi connectivity index (χ1) is 20.8. The Kier molecular flexibility index (Phi) is 7.70. The number of hydrogen-bond donors (Lipinski definition) is 1. The Balaban J connectivity index is 1.55. The van der Waals surface area contributed by atoms with Gasteiger partial charge in [0.15, 0.2) is 28.1 Å². The van der Waals surface area contributed by atoms with Crippen molar-refractivity contribution in [1.29, 1.82) is 0 Å². The highest BCUT2D eigenvalue weighted by Crippen LogP contribution is 2.47. The average molecular weight is 601 g/mol. The van der Waals surface area contributed by atoms with Crippen molar-refractivity contribution in [3.05, 3.63) is 76.4 Å². The van der Waals surface area contributed by atoms with E-state index in [4.69, 9.17) is 23.9 Å². The van der Waals surface area contributed by atoms with E-state index in [9.17, 15) is 14.7 Å². The number of nitrogens with zero attached hydrogens (tertiary/aromatic N) is 2. The van der Waals surface area contributed by atoms with E-state index < -0.39 is 17.7 Å². The van der Waals surface area contributed by atoms with Crippen LogP contribution in [-0.2, 0) is 9.59 Å². The third kappa shape index (κ3) is 5.16. The summed E-state index contributed by atoms with van der Waals surface area (Å²) in [6, 6.07) is 13.3. The number of aryl methyl sites for hydroxylation is 2. The van der Waals surface area contributed by atoms with Gasteiger partial charge in [0, 0.05) is 5.56 Å². The number of ketones is 1. The molecule has 2 aliphatic rings. The number of fused-ring (bicyclic) bond motifs is 2. The zero-order valence-corrected chi connectivity index (χ0v) is 25.2. The summed E-state index contributed by atoms with van der Waals surface area (Å²) in [4.78, 5) is 33.8. The fourth-order valence-electron chi connectivity index (χ4n) is 5.45. The van der Waals surface area contributed by atoms with Crippen molar-refractivity contribution in [2.75, 3.05) is 31.3 Å². The number of benzene rings is 3. The van der Waals surface area contributed by atoms with Gasteiger partial charge in [-0.2, -0.15) is 0 Å². The maximum Gasteiger partial charge on any atom is 0.301 e. The van der Waals surface area contributed by atoms with Crippen molar-refractivity contribution >= 4 is 44.1 Å². The van der Waals surface area contributed by atoms with E-state index in [1.165, 1.54) is 16.2 Å². The minimum absolute atomic E-state index is 0.0569. The molecule has 1 fully saturated rings. The molecule has 3 heterocycles. The van der Waals surface area contributed by atoms with Gasteiger partial charge in [0.2, 0.25) is 0 Å². The molecule has 2 aliphatic heterocycles. The molecule has 1 N–H and O–H groups in total. The Labute approximate surface area is 253 Å². The Hall–Kier alpha value is -4.57. The Bertz CT molecular complexity index is 1780. The van der Waals surface area contributed by atoms with Crippen molar-refractivity contribution in [3.8, 4) is 23.0 Å². The molecule has 4 aromatic rings. The predicted molar refractivity (Wildman–Crippen MR) is 165 cm³/mol. The number of carbonyl (C=O) groups is 2. The molecule has 1 unspecified atom stereocenters. The number of thiazole rings is 1. The summed E-state index contributed by atoms with van der Waals surface area (Å²) >= 11 is 1.33. The number of hydrogen-bond acceptors (Lipinski definition) is 9. The zero-order valence-electron chi connectivity index (χ0n) is 24.4. The molecule has 9 nitrogen and oxygen atoms in total. The summed E-state index contributed by atoms with van der Waals surface area (Å²) in [5.41, 5.74) is 3.64. The van der Waals surface area contributed by atoms with Gasteiger partial charge in [-0.3, -0.25) is 14.5 Å². The van der Waals surface area contributed by atoms with Gasteiger partial charge in [0.25, 0.3) is 5.78 Å². The Morgan fingerprint density at radius 3 is 2.56 bits per heavy atom. The molecule has 0 saturated carbocycles. The second kappa shape index (κ2) is 11.6. The highest BCUT2D eigenvalue weighted by atomic mass is 32.1.